The van der Waals surface area contributed by atoms with E-state index in [2.05, 4.69) is 168 Å². The van der Waals surface area contributed by atoms with Crippen molar-refractivity contribution in [1.82, 2.24) is 0 Å². The van der Waals surface area contributed by atoms with E-state index in [4.69, 9.17) is 0 Å². The quantitative estimate of drug-likeness (QED) is 0.153. The largest absolute Gasteiger partial charge is 0.412 e. The van der Waals surface area contributed by atoms with E-state index in [-0.39, 0.29) is 11.0 Å². The van der Waals surface area contributed by atoms with Crippen molar-refractivity contribution in [2.45, 2.75) is 83.1 Å². The summed E-state index contributed by atoms with van der Waals surface area (Å²) in [6.07, 6.45) is 0. The SMILES string of the molecule is Cc1cc(C)c(-c2cccc(-c3c(C)cc(C)cc3C)[c]2[Ge][c]2c(-c3c(C)cc(C)cc3C)cccc2-c2c(C)cc(C)cc2C)c(C)c1.O.O. The molecule has 2 radical (unpaired) electrons. The maximum absolute atomic E-state index is 2.40. The van der Waals surface area contributed by atoms with Crippen molar-refractivity contribution in [3.8, 4) is 44.5 Å². The summed E-state index contributed by atoms with van der Waals surface area (Å²) in [4.78, 5) is 0. The second kappa shape index (κ2) is 15.6. The second-order valence-electron chi connectivity index (χ2n) is 14.7. The van der Waals surface area contributed by atoms with Crippen LogP contribution in [0.4, 0.5) is 0 Å². The molecule has 0 bridgehead atoms. The minimum Gasteiger partial charge on any atom is -0.412 e. The van der Waals surface area contributed by atoms with E-state index in [0.717, 1.165) is 0 Å². The van der Waals surface area contributed by atoms with E-state index in [1.54, 1.807) is 0 Å². The van der Waals surface area contributed by atoms with Crippen molar-refractivity contribution < 1.29 is 11.0 Å². The van der Waals surface area contributed by atoms with Crippen molar-refractivity contribution in [2.24, 2.45) is 0 Å². The van der Waals surface area contributed by atoms with Crippen LogP contribution in [0.2, 0.25) is 0 Å². The number of hydrogen-bond donors (Lipinski definition) is 0. The minimum absolute atomic E-state index is 0. The monoisotopic (exact) mass is 736 g/mol. The predicted octanol–water partition coefficient (Wildman–Crippen LogP) is 10.1. The molecule has 0 heterocycles. The molecule has 0 aromatic heterocycles. The molecule has 3 heteroatoms. The number of aryl methyl sites for hydroxylation is 12. The van der Waals surface area contributed by atoms with Crippen molar-refractivity contribution >= 4 is 24.2 Å². The Balaban J connectivity index is 0.00000292. The van der Waals surface area contributed by atoms with Crippen LogP contribution in [0.3, 0.4) is 0 Å². The van der Waals surface area contributed by atoms with E-state index in [9.17, 15) is 0 Å². The number of hydrogen-bond acceptors (Lipinski definition) is 0. The second-order valence-corrected chi connectivity index (χ2v) is 17.3. The molecule has 262 valence electrons. The summed E-state index contributed by atoms with van der Waals surface area (Å²) in [5.41, 5.74) is 27.2. The van der Waals surface area contributed by atoms with Crippen molar-refractivity contribution in [3.63, 3.8) is 0 Å². The van der Waals surface area contributed by atoms with Gasteiger partial charge in [-0.15, -0.1) is 0 Å². The molecule has 0 aliphatic rings. The van der Waals surface area contributed by atoms with Crippen LogP contribution in [0, 0.1) is 83.1 Å². The van der Waals surface area contributed by atoms with Gasteiger partial charge in [0.2, 0.25) is 0 Å². The molecule has 51 heavy (non-hydrogen) atoms. The standard InChI is InChI=1S/C48H50Ge.2H2O/c1-27-19-31(5)43(32(6)20-27)39-15-13-16-40(44-33(7)21-28(2)22-34(44)8)47(39)49-48-41(45-35(9)23-29(3)24-36(45)10)17-14-18-42(48)46-37(11)25-30(4)26-38(46)12;;/h13-26H,1-12H3;2*1H2. The average Bonchev–Trinajstić information content (AvgIpc) is 2.97. The summed E-state index contributed by atoms with van der Waals surface area (Å²) in [6, 6.07) is 33.1. The van der Waals surface area contributed by atoms with Gasteiger partial charge in [-0.25, -0.2) is 0 Å². The summed E-state index contributed by atoms with van der Waals surface area (Å²) >= 11 is -0.901. The summed E-state index contributed by atoms with van der Waals surface area (Å²) in [7, 11) is 0. The van der Waals surface area contributed by atoms with Gasteiger partial charge in [-0.3, -0.25) is 0 Å². The molecule has 0 saturated carbocycles. The summed E-state index contributed by atoms with van der Waals surface area (Å²) < 4.78 is 3.04. The summed E-state index contributed by atoms with van der Waals surface area (Å²) in [5, 5.41) is 0. The Morgan fingerprint density at radius 3 is 0.647 bits per heavy atom. The van der Waals surface area contributed by atoms with Gasteiger partial charge in [0.25, 0.3) is 0 Å². The van der Waals surface area contributed by atoms with Crippen LogP contribution < -0.4 is 8.79 Å². The Hall–Kier alpha value is -4.22. The minimum atomic E-state index is -0.901. The van der Waals surface area contributed by atoms with Gasteiger partial charge in [-0.05, 0) is 0 Å². The molecular weight excluding hydrogens is 681 g/mol. The van der Waals surface area contributed by atoms with Crippen LogP contribution in [0.5, 0.6) is 0 Å². The first-order valence-corrected chi connectivity index (χ1v) is 19.7. The smallest absolute Gasteiger partial charge is 0.412 e. The molecular formula is C48H54GeO2. The van der Waals surface area contributed by atoms with E-state index in [0.29, 0.717) is 0 Å². The zero-order valence-electron chi connectivity index (χ0n) is 32.6. The summed E-state index contributed by atoms with van der Waals surface area (Å²) in [6.45, 7) is 27.2. The zero-order valence-corrected chi connectivity index (χ0v) is 34.7. The fourth-order valence-corrected chi connectivity index (χ4v) is 12.2. The Bertz CT molecular complexity index is 1870. The molecule has 0 fully saturated rings. The van der Waals surface area contributed by atoms with Gasteiger partial charge < -0.3 is 11.0 Å². The number of rotatable bonds is 6. The van der Waals surface area contributed by atoms with Crippen LogP contribution in [-0.4, -0.2) is 26.4 Å². The third-order valence-corrected chi connectivity index (χ3v) is 13.5. The molecule has 6 aromatic carbocycles. The summed E-state index contributed by atoms with van der Waals surface area (Å²) in [5.74, 6) is 0. The molecule has 6 rings (SSSR count). The molecule has 0 spiro atoms. The van der Waals surface area contributed by atoms with Gasteiger partial charge in [-0.2, -0.15) is 0 Å². The molecule has 0 saturated heterocycles. The molecule has 0 aliphatic carbocycles. The van der Waals surface area contributed by atoms with Crippen LogP contribution in [-0.2, 0) is 0 Å². The first kappa shape index (κ1) is 39.6. The topological polar surface area (TPSA) is 63.0 Å². The fourth-order valence-electron chi connectivity index (χ4n) is 8.75. The number of benzene rings is 6. The van der Waals surface area contributed by atoms with Crippen LogP contribution in [0.15, 0.2) is 84.9 Å². The van der Waals surface area contributed by atoms with E-state index >= 15 is 0 Å². The van der Waals surface area contributed by atoms with Gasteiger partial charge in [0, 0.05) is 0 Å². The van der Waals surface area contributed by atoms with Gasteiger partial charge in [-0.1, -0.05) is 0 Å². The fraction of sp³-hybridized carbons (Fsp3) is 0.250. The molecule has 0 amide bonds. The van der Waals surface area contributed by atoms with Gasteiger partial charge in [0.15, 0.2) is 0 Å². The first-order chi connectivity index (χ1) is 23.2. The molecule has 6 aromatic rings. The van der Waals surface area contributed by atoms with Crippen LogP contribution >= 0.6 is 0 Å². The van der Waals surface area contributed by atoms with Crippen molar-refractivity contribution in [1.29, 1.82) is 0 Å². The third-order valence-electron chi connectivity index (χ3n) is 10.2. The van der Waals surface area contributed by atoms with Gasteiger partial charge >= 0.3 is 304 Å². The van der Waals surface area contributed by atoms with Crippen molar-refractivity contribution in [2.75, 3.05) is 0 Å². The van der Waals surface area contributed by atoms with Gasteiger partial charge in [0.1, 0.15) is 0 Å². The van der Waals surface area contributed by atoms with Crippen LogP contribution in [0.1, 0.15) is 66.8 Å². The Morgan fingerprint density at radius 2 is 0.471 bits per heavy atom. The molecule has 0 atom stereocenters. The Kier molecular flexibility index (Phi) is 12.1. The molecule has 4 N–H and O–H groups in total. The van der Waals surface area contributed by atoms with Crippen molar-refractivity contribution in [3.05, 3.63) is 152 Å². The van der Waals surface area contributed by atoms with Gasteiger partial charge in [0.05, 0.1) is 0 Å². The third kappa shape index (κ3) is 7.55. The van der Waals surface area contributed by atoms with E-state index in [1.165, 1.54) is 120 Å². The van der Waals surface area contributed by atoms with Crippen LogP contribution in [0.25, 0.3) is 44.5 Å². The maximum atomic E-state index is 2.40. The molecule has 2 nitrogen and oxygen atoms in total. The molecule has 0 unspecified atom stereocenters. The Morgan fingerprint density at radius 1 is 0.294 bits per heavy atom. The maximum Gasteiger partial charge on any atom is -0.412 e. The first-order valence-electron chi connectivity index (χ1n) is 17.6. The Labute approximate surface area is 313 Å². The van der Waals surface area contributed by atoms with E-state index in [1.807, 2.05) is 0 Å². The van der Waals surface area contributed by atoms with E-state index < -0.39 is 15.4 Å². The normalized spacial score (nSPS) is 10.9. The molecule has 0 aliphatic heterocycles. The average molecular weight is 736 g/mol. The predicted molar refractivity (Wildman–Crippen MR) is 224 cm³/mol. The zero-order chi connectivity index (χ0) is 35.3.